The lowest BCUT2D eigenvalue weighted by atomic mass is 9.96. The molecule has 0 fully saturated rings. The average molecular weight is 428 g/mol. The van der Waals surface area contributed by atoms with Gasteiger partial charge in [0.2, 0.25) is 0 Å². The molecule has 0 unspecified atom stereocenters. The summed E-state index contributed by atoms with van der Waals surface area (Å²) in [5.41, 5.74) is 3.37. The number of amides is 1. The minimum atomic E-state index is -0.312. The van der Waals surface area contributed by atoms with Gasteiger partial charge in [-0.3, -0.25) is 9.89 Å². The van der Waals surface area contributed by atoms with Gasteiger partial charge in [0.05, 0.1) is 12.6 Å². The highest BCUT2D eigenvalue weighted by Gasteiger charge is 2.42. The topological polar surface area (TPSA) is 78.5 Å². The van der Waals surface area contributed by atoms with Gasteiger partial charge in [-0.25, -0.2) is 0 Å². The van der Waals surface area contributed by atoms with E-state index in [0.29, 0.717) is 30.1 Å². The number of fused-ring (bicyclic) bond motifs is 1. The van der Waals surface area contributed by atoms with Crippen LogP contribution in [0.15, 0.2) is 53.0 Å². The number of phenolic OH excluding ortho intramolecular Hbond substituents is 1. The fourth-order valence-corrected chi connectivity index (χ4v) is 3.94. The zero-order chi connectivity index (χ0) is 19.0. The maximum atomic E-state index is 13.0. The molecule has 2 heterocycles. The molecule has 2 aromatic carbocycles. The number of ether oxygens (including phenoxy) is 1. The molecule has 0 radical (unpaired) electrons. The number of nitrogens with zero attached hydrogens (tertiary/aromatic N) is 2. The maximum absolute atomic E-state index is 13.0. The summed E-state index contributed by atoms with van der Waals surface area (Å²) >= 11 is 3.51. The van der Waals surface area contributed by atoms with E-state index < -0.39 is 0 Å². The molecule has 27 heavy (non-hydrogen) atoms. The molecule has 7 heteroatoms. The van der Waals surface area contributed by atoms with Crippen LogP contribution in [0.1, 0.15) is 27.7 Å². The zero-order valence-corrected chi connectivity index (χ0v) is 16.2. The Bertz CT molecular complexity index is 1000. The van der Waals surface area contributed by atoms with Crippen molar-refractivity contribution in [3.63, 3.8) is 0 Å². The maximum Gasteiger partial charge on any atom is 0.273 e. The molecule has 0 saturated heterocycles. The van der Waals surface area contributed by atoms with Crippen molar-refractivity contribution >= 4 is 21.8 Å². The number of aromatic nitrogens is 2. The third kappa shape index (κ3) is 3.02. The molecule has 0 saturated carbocycles. The number of nitrogens with one attached hydrogen (secondary N) is 1. The number of halogens is 1. The van der Waals surface area contributed by atoms with Crippen LogP contribution in [0.2, 0.25) is 0 Å². The Morgan fingerprint density at radius 3 is 2.81 bits per heavy atom. The van der Waals surface area contributed by atoms with Crippen molar-refractivity contribution < 1.29 is 14.6 Å². The van der Waals surface area contributed by atoms with Gasteiger partial charge in [0.1, 0.15) is 17.1 Å². The van der Waals surface area contributed by atoms with E-state index in [1.165, 1.54) is 0 Å². The van der Waals surface area contributed by atoms with Crippen LogP contribution in [0.5, 0.6) is 5.75 Å². The molecule has 3 aromatic rings. The third-order valence-electron chi connectivity index (χ3n) is 4.72. The molecule has 0 spiro atoms. The Morgan fingerprint density at radius 1 is 1.26 bits per heavy atom. The Labute approximate surface area is 164 Å². The molecular formula is C20H18BrN3O3. The molecule has 0 bridgehead atoms. The number of benzene rings is 2. The number of methoxy groups -OCH3 is 1. The Morgan fingerprint density at radius 2 is 2.07 bits per heavy atom. The summed E-state index contributed by atoms with van der Waals surface area (Å²) in [5.74, 6) is 0.00350. The molecule has 138 valence electrons. The summed E-state index contributed by atoms with van der Waals surface area (Å²) in [6, 6.07) is 14.6. The molecule has 1 aromatic heterocycles. The van der Waals surface area contributed by atoms with Crippen LogP contribution in [0.4, 0.5) is 0 Å². The largest absolute Gasteiger partial charge is 0.507 e. The highest BCUT2D eigenvalue weighted by Crippen LogP contribution is 2.44. The summed E-state index contributed by atoms with van der Waals surface area (Å²) < 4.78 is 6.13. The van der Waals surface area contributed by atoms with Crippen LogP contribution in [-0.4, -0.2) is 46.4 Å². The molecule has 1 aliphatic heterocycles. The van der Waals surface area contributed by atoms with Gasteiger partial charge in [-0.05, 0) is 29.8 Å². The van der Waals surface area contributed by atoms with E-state index in [1.807, 2.05) is 30.3 Å². The van der Waals surface area contributed by atoms with E-state index in [9.17, 15) is 9.90 Å². The van der Waals surface area contributed by atoms with E-state index >= 15 is 0 Å². The lowest BCUT2D eigenvalue weighted by Gasteiger charge is -2.26. The predicted octanol–water partition coefficient (Wildman–Crippen LogP) is 3.74. The highest BCUT2D eigenvalue weighted by molar-refractivity contribution is 9.10. The van der Waals surface area contributed by atoms with Crippen LogP contribution in [0.25, 0.3) is 11.3 Å². The Hall–Kier alpha value is -2.64. The number of phenols is 1. The molecule has 2 N–H and O–H groups in total. The normalized spacial score (nSPS) is 16.0. The van der Waals surface area contributed by atoms with Crippen molar-refractivity contribution in [3.05, 3.63) is 69.8 Å². The second-order valence-electron chi connectivity index (χ2n) is 6.33. The van der Waals surface area contributed by atoms with E-state index in [1.54, 1.807) is 30.2 Å². The SMILES string of the molecule is COCCN1C(=O)c2[nH]nc(-c3ccccc3O)c2[C@@H]1c1cccc(Br)c1. The first-order valence-corrected chi connectivity index (χ1v) is 9.33. The van der Waals surface area contributed by atoms with E-state index in [4.69, 9.17) is 4.74 Å². The number of aromatic hydroxyl groups is 1. The van der Waals surface area contributed by atoms with Crippen molar-refractivity contribution in [1.82, 2.24) is 15.1 Å². The van der Waals surface area contributed by atoms with Gasteiger partial charge in [-0.1, -0.05) is 40.2 Å². The van der Waals surface area contributed by atoms with Crippen molar-refractivity contribution in [2.75, 3.05) is 20.3 Å². The van der Waals surface area contributed by atoms with E-state index in [-0.39, 0.29) is 17.7 Å². The summed E-state index contributed by atoms with van der Waals surface area (Å²) in [5, 5.41) is 17.5. The van der Waals surface area contributed by atoms with Crippen LogP contribution < -0.4 is 0 Å². The smallest absolute Gasteiger partial charge is 0.273 e. The molecule has 0 aliphatic carbocycles. The first kappa shape index (κ1) is 17.8. The summed E-state index contributed by atoms with van der Waals surface area (Å²) in [6.07, 6.45) is 0. The number of para-hydroxylation sites is 1. The van der Waals surface area contributed by atoms with Gasteiger partial charge in [-0.15, -0.1) is 0 Å². The third-order valence-corrected chi connectivity index (χ3v) is 5.22. The number of aromatic amines is 1. The van der Waals surface area contributed by atoms with Crippen LogP contribution in [-0.2, 0) is 4.74 Å². The average Bonchev–Trinajstić information content (AvgIpc) is 3.20. The fourth-order valence-electron chi connectivity index (χ4n) is 3.52. The van der Waals surface area contributed by atoms with Crippen LogP contribution in [0, 0.1) is 0 Å². The lowest BCUT2D eigenvalue weighted by molar-refractivity contribution is 0.0677. The predicted molar refractivity (Wildman–Crippen MR) is 105 cm³/mol. The van der Waals surface area contributed by atoms with Gasteiger partial charge in [-0.2, -0.15) is 5.10 Å². The summed E-state index contributed by atoms with van der Waals surface area (Å²) in [4.78, 5) is 14.8. The molecule has 1 amide bonds. The number of carbonyl (C=O) groups excluding carboxylic acids is 1. The number of rotatable bonds is 5. The van der Waals surface area contributed by atoms with Gasteiger partial charge in [0.15, 0.2) is 0 Å². The quantitative estimate of drug-likeness (QED) is 0.649. The van der Waals surface area contributed by atoms with Crippen LogP contribution in [0.3, 0.4) is 0 Å². The Balaban J connectivity index is 1.89. The van der Waals surface area contributed by atoms with Crippen molar-refractivity contribution in [2.45, 2.75) is 6.04 Å². The zero-order valence-electron chi connectivity index (χ0n) is 14.6. The number of carbonyl (C=O) groups is 1. The molecular weight excluding hydrogens is 410 g/mol. The summed E-state index contributed by atoms with van der Waals surface area (Å²) in [7, 11) is 1.61. The summed E-state index contributed by atoms with van der Waals surface area (Å²) in [6.45, 7) is 0.884. The minimum absolute atomic E-state index is 0.124. The van der Waals surface area contributed by atoms with Crippen molar-refractivity contribution in [1.29, 1.82) is 0 Å². The molecule has 1 aliphatic rings. The second-order valence-corrected chi connectivity index (χ2v) is 7.24. The van der Waals surface area contributed by atoms with Gasteiger partial charge in [0.25, 0.3) is 5.91 Å². The highest BCUT2D eigenvalue weighted by atomic mass is 79.9. The minimum Gasteiger partial charge on any atom is -0.507 e. The fraction of sp³-hybridized carbons (Fsp3) is 0.200. The van der Waals surface area contributed by atoms with Crippen molar-refractivity contribution in [2.24, 2.45) is 0 Å². The monoisotopic (exact) mass is 427 g/mol. The van der Waals surface area contributed by atoms with Gasteiger partial charge in [0, 0.05) is 29.3 Å². The first-order chi connectivity index (χ1) is 13.1. The van der Waals surface area contributed by atoms with Gasteiger partial charge >= 0.3 is 0 Å². The van der Waals surface area contributed by atoms with Gasteiger partial charge < -0.3 is 14.7 Å². The Kier molecular flexibility index (Phi) is 4.72. The molecule has 4 rings (SSSR count). The number of H-pyrrole nitrogens is 1. The standard InChI is InChI=1S/C20H18BrN3O3/c1-27-10-9-24-19(12-5-4-6-13(21)11-12)16-17(22-23-18(16)20(24)26)14-7-2-3-8-15(14)25/h2-8,11,19,25H,9-10H2,1H3,(H,22,23)/t19-/m0/s1. The first-order valence-electron chi connectivity index (χ1n) is 8.53. The van der Waals surface area contributed by atoms with Crippen molar-refractivity contribution in [3.8, 4) is 17.0 Å². The number of hydrogen-bond acceptors (Lipinski definition) is 4. The van der Waals surface area contributed by atoms with E-state index in [2.05, 4.69) is 26.1 Å². The molecule has 1 atom stereocenters. The van der Waals surface area contributed by atoms with E-state index in [0.717, 1.165) is 15.6 Å². The number of hydrogen-bond donors (Lipinski definition) is 2. The lowest BCUT2D eigenvalue weighted by Crippen LogP contribution is -2.32. The van der Waals surface area contributed by atoms with Crippen LogP contribution >= 0.6 is 15.9 Å². The second kappa shape index (κ2) is 7.17. The molecule has 6 nitrogen and oxygen atoms in total.